The average molecular weight is 352 g/mol. The van der Waals surface area contributed by atoms with Gasteiger partial charge in [-0.3, -0.25) is 9.69 Å². The van der Waals surface area contributed by atoms with Crippen LogP contribution in [0.3, 0.4) is 0 Å². The Bertz CT molecular complexity index is 733. The molecule has 0 aliphatic carbocycles. The molecule has 1 unspecified atom stereocenters. The molecule has 0 saturated carbocycles. The highest BCUT2D eigenvalue weighted by atomic mass is 16.2. The van der Waals surface area contributed by atoms with E-state index in [1.54, 1.807) is 0 Å². The lowest BCUT2D eigenvalue weighted by molar-refractivity contribution is 0.0579. The molecule has 2 aromatic rings. The van der Waals surface area contributed by atoms with Gasteiger partial charge in [0.1, 0.15) is 5.82 Å². The van der Waals surface area contributed by atoms with Gasteiger partial charge in [-0.25, -0.2) is 4.98 Å². The zero-order valence-corrected chi connectivity index (χ0v) is 15.6. The number of hydrogen-bond acceptors (Lipinski definition) is 3. The van der Waals surface area contributed by atoms with E-state index < -0.39 is 0 Å². The highest BCUT2D eigenvalue weighted by Gasteiger charge is 2.36. The molecule has 1 fully saturated rings. The van der Waals surface area contributed by atoms with Crippen molar-refractivity contribution < 1.29 is 4.79 Å². The number of carbonyl (C=O) groups is 1. The van der Waals surface area contributed by atoms with E-state index >= 15 is 0 Å². The van der Waals surface area contributed by atoms with Crippen molar-refractivity contribution in [2.45, 2.75) is 38.8 Å². The van der Waals surface area contributed by atoms with E-state index in [1.165, 1.54) is 12.2 Å². The largest absolute Gasteiger partial charge is 0.339 e. The molecule has 0 bridgehead atoms. The van der Waals surface area contributed by atoms with Crippen LogP contribution in [0.5, 0.6) is 0 Å². The summed E-state index contributed by atoms with van der Waals surface area (Å²) in [4.78, 5) is 22.0. The first-order valence-corrected chi connectivity index (χ1v) is 9.87. The summed E-state index contributed by atoms with van der Waals surface area (Å²) in [7, 11) is 0. The Morgan fingerprint density at radius 3 is 2.62 bits per heavy atom. The number of aromatic nitrogens is 2. The van der Waals surface area contributed by atoms with Crippen molar-refractivity contribution in [3.63, 3.8) is 0 Å². The van der Waals surface area contributed by atoms with E-state index in [2.05, 4.69) is 22.6 Å². The summed E-state index contributed by atoms with van der Waals surface area (Å²) >= 11 is 0. The third-order valence-electron chi connectivity index (χ3n) is 5.95. The van der Waals surface area contributed by atoms with Gasteiger partial charge in [0.2, 0.25) is 0 Å². The van der Waals surface area contributed by atoms with Crippen molar-refractivity contribution in [1.82, 2.24) is 19.4 Å². The molecule has 0 N–H and O–H groups in total. The maximum absolute atomic E-state index is 12.7. The number of hydrogen-bond donors (Lipinski definition) is 0. The Morgan fingerprint density at radius 1 is 1.12 bits per heavy atom. The number of piperidine rings is 1. The number of rotatable bonds is 3. The van der Waals surface area contributed by atoms with E-state index in [0.717, 1.165) is 51.1 Å². The van der Waals surface area contributed by atoms with Crippen molar-refractivity contribution in [3.05, 3.63) is 54.1 Å². The third kappa shape index (κ3) is 3.28. The van der Waals surface area contributed by atoms with Crippen LogP contribution in [0.1, 0.15) is 48.4 Å². The summed E-state index contributed by atoms with van der Waals surface area (Å²) < 4.78 is 2.34. The average Bonchev–Trinajstić information content (AvgIpc) is 3.08. The van der Waals surface area contributed by atoms with Gasteiger partial charge in [-0.15, -0.1) is 0 Å². The standard InChI is InChI=1S/C21H28N4O/c1-2-23-12-6-13-24-16-11-22-20(24)19(23)17-9-14-25(15-10-17)21(26)18-7-4-3-5-8-18/h3-5,7-8,11,16-17,19H,2,6,9-10,12-15H2,1H3. The van der Waals surface area contributed by atoms with E-state index in [4.69, 9.17) is 4.98 Å². The zero-order valence-electron chi connectivity index (χ0n) is 15.6. The number of benzene rings is 1. The molecule has 26 heavy (non-hydrogen) atoms. The molecule has 5 heteroatoms. The summed E-state index contributed by atoms with van der Waals surface area (Å²) in [5, 5.41) is 0. The molecule has 2 aliphatic rings. The van der Waals surface area contributed by atoms with Crippen molar-refractivity contribution in [2.75, 3.05) is 26.2 Å². The zero-order chi connectivity index (χ0) is 17.9. The van der Waals surface area contributed by atoms with Crippen LogP contribution >= 0.6 is 0 Å². The lowest BCUT2D eigenvalue weighted by atomic mass is 9.87. The first-order chi connectivity index (χ1) is 12.8. The molecule has 2 aliphatic heterocycles. The van der Waals surface area contributed by atoms with Crippen LogP contribution < -0.4 is 0 Å². The second-order valence-corrected chi connectivity index (χ2v) is 7.40. The fourth-order valence-electron chi connectivity index (χ4n) is 4.57. The number of carbonyl (C=O) groups excluding carboxylic acids is 1. The number of likely N-dealkylation sites (tertiary alicyclic amines) is 1. The number of nitrogens with zero attached hydrogens (tertiary/aromatic N) is 4. The third-order valence-corrected chi connectivity index (χ3v) is 5.95. The van der Waals surface area contributed by atoms with E-state index in [0.29, 0.717) is 12.0 Å². The summed E-state index contributed by atoms with van der Waals surface area (Å²) in [6.45, 7) is 7.18. The maximum atomic E-state index is 12.7. The fourth-order valence-corrected chi connectivity index (χ4v) is 4.57. The van der Waals surface area contributed by atoms with Crippen molar-refractivity contribution in [1.29, 1.82) is 0 Å². The summed E-state index contributed by atoms with van der Waals surface area (Å²) in [5.74, 6) is 1.95. The van der Waals surface area contributed by atoms with E-state index in [1.807, 2.05) is 41.4 Å². The number of fused-ring (bicyclic) bond motifs is 1. The van der Waals surface area contributed by atoms with Crippen molar-refractivity contribution in [3.8, 4) is 0 Å². The summed E-state index contributed by atoms with van der Waals surface area (Å²) in [6, 6.07) is 10.0. The van der Waals surface area contributed by atoms with E-state index in [9.17, 15) is 4.79 Å². The van der Waals surface area contributed by atoms with Crippen LogP contribution in [0.2, 0.25) is 0 Å². The van der Waals surface area contributed by atoms with E-state index in [-0.39, 0.29) is 5.91 Å². The number of amides is 1. The Labute approximate surface area is 155 Å². The molecule has 1 atom stereocenters. The van der Waals surface area contributed by atoms with Gasteiger partial charge in [0.25, 0.3) is 5.91 Å². The smallest absolute Gasteiger partial charge is 0.253 e. The first-order valence-electron chi connectivity index (χ1n) is 9.87. The predicted octanol–water partition coefficient (Wildman–Crippen LogP) is 3.20. The van der Waals surface area contributed by atoms with Crippen LogP contribution in [0.15, 0.2) is 42.7 Å². The normalized spacial score (nSPS) is 22.0. The molecule has 5 nitrogen and oxygen atoms in total. The second kappa shape index (κ2) is 7.62. The lowest BCUT2D eigenvalue weighted by Gasteiger charge is -2.39. The molecule has 0 radical (unpaired) electrons. The summed E-state index contributed by atoms with van der Waals surface area (Å²) in [6.07, 6.45) is 7.34. The van der Waals surface area contributed by atoms with Crippen LogP contribution in [-0.4, -0.2) is 51.4 Å². The van der Waals surface area contributed by atoms with Gasteiger partial charge in [0.05, 0.1) is 6.04 Å². The first kappa shape index (κ1) is 17.3. The minimum Gasteiger partial charge on any atom is -0.339 e. The molecule has 4 rings (SSSR count). The quantitative estimate of drug-likeness (QED) is 0.852. The van der Waals surface area contributed by atoms with Crippen LogP contribution in [0.25, 0.3) is 0 Å². The van der Waals surface area contributed by atoms with Gasteiger partial charge in [-0.05, 0) is 43.9 Å². The molecule has 3 heterocycles. The van der Waals surface area contributed by atoms with Crippen LogP contribution in [-0.2, 0) is 6.54 Å². The number of aryl methyl sites for hydroxylation is 1. The van der Waals surface area contributed by atoms with Crippen LogP contribution in [0.4, 0.5) is 0 Å². The Kier molecular flexibility index (Phi) is 5.07. The monoisotopic (exact) mass is 352 g/mol. The Balaban J connectivity index is 1.48. The Hall–Kier alpha value is -2.14. The molecule has 1 saturated heterocycles. The van der Waals surface area contributed by atoms with Crippen molar-refractivity contribution in [2.24, 2.45) is 5.92 Å². The molecule has 1 aromatic carbocycles. The van der Waals surface area contributed by atoms with Crippen LogP contribution in [0, 0.1) is 5.92 Å². The lowest BCUT2D eigenvalue weighted by Crippen LogP contribution is -2.43. The van der Waals surface area contributed by atoms with Crippen molar-refractivity contribution >= 4 is 5.91 Å². The highest BCUT2D eigenvalue weighted by molar-refractivity contribution is 5.94. The molecule has 1 aromatic heterocycles. The second-order valence-electron chi connectivity index (χ2n) is 7.40. The van der Waals surface area contributed by atoms with Gasteiger partial charge >= 0.3 is 0 Å². The predicted molar refractivity (Wildman–Crippen MR) is 102 cm³/mol. The molecule has 0 spiro atoms. The van der Waals surface area contributed by atoms with Gasteiger partial charge in [0.15, 0.2) is 0 Å². The molecular formula is C21H28N4O. The van der Waals surface area contributed by atoms with Gasteiger partial charge in [-0.2, -0.15) is 0 Å². The minimum absolute atomic E-state index is 0.166. The molecular weight excluding hydrogens is 324 g/mol. The van der Waals surface area contributed by atoms with Gasteiger partial charge in [-0.1, -0.05) is 25.1 Å². The number of imidazole rings is 1. The molecule has 1 amide bonds. The summed E-state index contributed by atoms with van der Waals surface area (Å²) in [5.41, 5.74) is 0.797. The van der Waals surface area contributed by atoms with Gasteiger partial charge < -0.3 is 9.47 Å². The highest BCUT2D eigenvalue weighted by Crippen LogP contribution is 2.36. The minimum atomic E-state index is 0.166. The maximum Gasteiger partial charge on any atom is 0.253 e. The molecule has 138 valence electrons. The fraction of sp³-hybridized carbons (Fsp3) is 0.524. The SMILES string of the molecule is CCN1CCCn2ccnc2C1C1CCN(C(=O)c2ccccc2)CC1. The topological polar surface area (TPSA) is 41.4 Å². The van der Waals surface area contributed by atoms with Gasteiger partial charge in [0, 0.05) is 44.1 Å². The Morgan fingerprint density at radius 2 is 1.88 bits per heavy atom.